The first-order chi connectivity index (χ1) is 12.2. The SMILES string of the molecule is O=c1[nH]c(C[NH2+]C23CC4CC(CC(C4)C2)C3)nc2sc3c(c12)CCC3. The third-order valence-electron chi connectivity index (χ3n) is 7.44. The summed E-state index contributed by atoms with van der Waals surface area (Å²) in [6.45, 7) is 0.833. The molecule has 0 spiro atoms. The van der Waals surface area contributed by atoms with Crippen LogP contribution >= 0.6 is 11.3 Å². The molecule has 0 unspecified atom stereocenters. The van der Waals surface area contributed by atoms with Crippen LogP contribution in [-0.4, -0.2) is 15.5 Å². The van der Waals surface area contributed by atoms with Gasteiger partial charge in [-0.15, -0.1) is 11.3 Å². The number of aromatic amines is 1. The van der Waals surface area contributed by atoms with Crippen molar-refractivity contribution in [2.45, 2.75) is 69.9 Å². The van der Waals surface area contributed by atoms with Crippen molar-refractivity contribution in [1.29, 1.82) is 0 Å². The smallest absolute Gasteiger partial charge is 0.260 e. The van der Waals surface area contributed by atoms with Crippen molar-refractivity contribution in [1.82, 2.24) is 9.97 Å². The number of aryl methyl sites for hydroxylation is 2. The summed E-state index contributed by atoms with van der Waals surface area (Å²) >= 11 is 1.76. The van der Waals surface area contributed by atoms with Crippen molar-refractivity contribution in [2.75, 3.05) is 0 Å². The van der Waals surface area contributed by atoms with Gasteiger partial charge in [-0.3, -0.25) is 4.79 Å². The Balaban J connectivity index is 1.28. The predicted octanol–water partition coefficient (Wildman–Crippen LogP) is 2.51. The van der Waals surface area contributed by atoms with Crippen molar-refractivity contribution in [3.8, 4) is 0 Å². The van der Waals surface area contributed by atoms with Crippen molar-refractivity contribution >= 4 is 21.6 Å². The number of H-pyrrole nitrogens is 1. The van der Waals surface area contributed by atoms with Crippen molar-refractivity contribution in [3.63, 3.8) is 0 Å². The lowest BCUT2D eigenvalue weighted by Gasteiger charge is -2.54. The summed E-state index contributed by atoms with van der Waals surface area (Å²) < 4.78 is 0. The van der Waals surface area contributed by atoms with E-state index in [2.05, 4.69) is 10.3 Å². The van der Waals surface area contributed by atoms with Gasteiger partial charge < -0.3 is 10.3 Å². The van der Waals surface area contributed by atoms with Gasteiger partial charge in [0.2, 0.25) is 0 Å². The summed E-state index contributed by atoms with van der Waals surface area (Å²) in [7, 11) is 0. The van der Waals surface area contributed by atoms with Crippen LogP contribution in [0.3, 0.4) is 0 Å². The number of aromatic nitrogens is 2. The summed E-state index contributed by atoms with van der Waals surface area (Å²) in [6.07, 6.45) is 12.0. The molecule has 0 saturated heterocycles. The van der Waals surface area contributed by atoms with E-state index < -0.39 is 0 Å². The molecule has 4 saturated carbocycles. The Morgan fingerprint density at radius 3 is 2.56 bits per heavy atom. The quantitative estimate of drug-likeness (QED) is 0.888. The largest absolute Gasteiger partial charge is 0.335 e. The van der Waals surface area contributed by atoms with E-state index in [1.165, 1.54) is 55.4 Å². The molecule has 0 atom stereocenters. The molecule has 0 aliphatic heterocycles. The summed E-state index contributed by atoms with van der Waals surface area (Å²) in [6, 6.07) is 0. The van der Waals surface area contributed by atoms with Crippen LogP contribution in [0.25, 0.3) is 10.2 Å². The lowest BCUT2D eigenvalue weighted by molar-refractivity contribution is -0.753. The maximum absolute atomic E-state index is 12.6. The average molecular weight is 357 g/mol. The number of quaternary nitrogens is 1. The minimum atomic E-state index is 0.0957. The molecular weight excluding hydrogens is 330 g/mol. The standard InChI is InChI=1S/C20H25N3OS/c24-18-17-14-2-1-3-15(14)25-19(17)23-16(22-18)10-21-20-7-11-4-12(8-20)6-13(5-11)9-20/h11-13,21H,1-10H2,(H,22,23,24)/p+1. The highest BCUT2D eigenvalue weighted by atomic mass is 32.1. The monoisotopic (exact) mass is 356 g/mol. The second-order valence-corrected chi connectivity index (χ2v) is 10.3. The Kier molecular flexibility index (Phi) is 3.08. The van der Waals surface area contributed by atoms with Gasteiger partial charge in [-0.25, -0.2) is 4.98 Å². The highest BCUT2D eigenvalue weighted by Gasteiger charge is 2.53. The predicted molar refractivity (Wildman–Crippen MR) is 98.8 cm³/mol. The maximum atomic E-state index is 12.6. The molecule has 5 heteroatoms. The number of fused-ring (bicyclic) bond motifs is 3. The van der Waals surface area contributed by atoms with Crippen LogP contribution in [0.4, 0.5) is 0 Å². The molecule has 2 aromatic heterocycles. The number of nitrogens with one attached hydrogen (secondary N) is 1. The molecule has 4 nitrogen and oxygen atoms in total. The number of rotatable bonds is 3. The fraction of sp³-hybridized carbons (Fsp3) is 0.700. The van der Waals surface area contributed by atoms with Crippen LogP contribution < -0.4 is 10.9 Å². The van der Waals surface area contributed by atoms with E-state index in [9.17, 15) is 4.79 Å². The van der Waals surface area contributed by atoms with E-state index in [1.807, 2.05) is 0 Å². The molecule has 2 aromatic rings. The minimum Gasteiger partial charge on any atom is -0.335 e. The first-order valence-corrected chi connectivity index (χ1v) is 10.9. The van der Waals surface area contributed by atoms with E-state index in [-0.39, 0.29) is 5.56 Å². The Morgan fingerprint density at radius 1 is 1.12 bits per heavy atom. The first-order valence-electron chi connectivity index (χ1n) is 10.1. The molecule has 2 heterocycles. The second kappa shape index (κ2) is 5.17. The van der Waals surface area contributed by atoms with Gasteiger partial charge >= 0.3 is 0 Å². The number of nitrogens with two attached hydrogens (primary N) is 1. The third-order valence-corrected chi connectivity index (χ3v) is 8.62. The Labute approximate surface area is 151 Å². The second-order valence-electron chi connectivity index (χ2n) is 9.24. The number of nitrogens with zero attached hydrogens (tertiary/aromatic N) is 1. The van der Waals surface area contributed by atoms with Crippen LogP contribution in [0.15, 0.2) is 4.79 Å². The van der Waals surface area contributed by atoms with Gasteiger partial charge in [0.15, 0.2) is 5.82 Å². The third kappa shape index (κ3) is 2.28. The van der Waals surface area contributed by atoms with Crippen LogP contribution in [0.2, 0.25) is 0 Å². The molecule has 0 radical (unpaired) electrons. The normalized spacial score (nSPS) is 35.6. The molecule has 5 aliphatic rings. The zero-order chi connectivity index (χ0) is 16.6. The number of thiophene rings is 1. The number of hydrogen-bond donors (Lipinski definition) is 2. The molecule has 7 rings (SSSR count). The molecule has 4 fully saturated rings. The van der Waals surface area contributed by atoms with Crippen LogP contribution in [0, 0.1) is 17.8 Å². The van der Waals surface area contributed by atoms with Gasteiger partial charge in [0, 0.05) is 24.1 Å². The van der Waals surface area contributed by atoms with Crippen LogP contribution in [0.1, 0.15) is 61.2 Å². The van der Waals surface area contributed by atoms with E-state index in [0.29, 0.717) is 5.54 Å². The Bertz CT molecular complexity index is 876. The Hall–Kier alpha value is -1.20. The zero-order valence-corrected chi connectivity index (χ0v) is 15.5. The first kappa shape index (κ1) is 14.9. The fourth-order valence-corrected chi connectivity index (χ4v) is 8.17. The molecule has 0 amide bonds. The van der Waals surface area contributed by atoms with Gasteiger partial charge in [0.05, 0.1) is 10.9 Å². The van der Waals surface area contributed by atoms with E-state index in [1.54, 1.807) is 11.3 Å². The Morgan fingerprint density at radius 2 is 1.84 bits per heavy atom. The fourth-order valence-electron chi connectivity index (χ4n) is 6.88. The van der Waals surface area contributed by atoms with Crippen LogP contribution in [0.5, 0.6) is 0 Å². The molecule has 25 heavy (non-hydrogen) atoms. The topological polar surface area (TPSA) is 62.4 Å². The van der Waals surface area contributed by atoms with Gasteiger partial charge in [-0.1, -0.05) is 0 Å². The molecule has 5 aliphatic carbocycles. The highest BCUT2D eigenvalue weighted by molar-refractivity contribution is 7.18. The van der Waals surface area contributed by atoms with Gasteiger partial charge in [0.25, 0.3) is 5.56 Å². The van der Waals surface area contributed by atoms with E-state index in [0.717, 1.165) is 53.2 Å². The van der Waals surface area contributed by atoms with Gasteiger partial charge in [-0.2, -0.15) is 0 Å². The summed E-state index contributed by atoms with van der Waals surface area (Å²) in [5, 5.41) is 3.43. The summed E-state index contributed by atoms with van der Waals surface area (Å²) in [4.78, 5) is 23.0. The highest BCUT2D eigenvalue weighted by Crippen LogP contribution is 2.54. The van der Waals surface area contributed by atoms with E-state index in [4.69, 9.17) is 4.98 Å². The summed E-state index contributed by atoms with van der Waals surface area (Å²) in [5.41, 5.74) is 1.82. The molecule has 4 bridgehead atoms. The van der Waals surface area contributed by atoms with Crippen LogP contribution in [-0.2, 0) is 19.4 Å². The molecule has 0 aromatic carbocycles. The van der Waals surface area contributed by atoms with Crippen molar-refractivity contribution < 1.29 is 5.32 Å². The minimum absolute atomic E-state index is 0.0957. The average Bonchev–Trinajstić information content (AvgIpc) is 3.12. The van der Waals surface area contributed by atoms with Crippen molar-refractivity contribution in [2.24, 2.45) is 17.8 Å². The van der Waals surface area contributed by atoms with Gasteiger partial charge in [0.1, 0.15) is 11.4 Å². The number of hydrogen-bond acceptors (Lipinski definition) is 3. The molecule has 3 N–H and O–H groups in total. The zero-order valence-electron chi connectivity index (χ0n) is 14.6. The maximum Gasteiger partial charge on any atom is 0.260 e. The van der Waals surface area contributed by atoms with Gasteiger partial charge in [-0.05, 0) is 61.8 Å². The van der Waals surface area contributed by atoms with E-state index >= 15 is 0 Å². The lowest BCUT2D eigenvalue weighted by Crippen LogP contribution is -2.97. The summed E-state index contributed by atoms with van der Waals surface area (Å²) in [5.74, 6) is 3.79. The molecule has 132 valence electrons. The van der Waals surface area contributed by atoms with Crippen molar-refractivity contribution in [3.05, 3.63) is 26.6 Å². The molecular formula is C20H26N3OS+. The lowest BCUT2D eigenvalue weighted by atomic mass is 9.53.